The summed E-state index contributed by atoms with van der Waals surface area (Å²) in [6, 6.07) is 0. The lowest BCUT2D eigenvalue weighted by molar-refractivity contribution is -0.0942. The Hall–Kier alpha value is -0.460. The van der Waals surface area contributed by atoms with E-state index in [9.17, 15) is 15.3 Å². The van der Waals surface area contributed by atoms with Crippen LogP contribution in [0.5, 0.6) is 0 Å². The first-order valence-corrected chi connectivity index (χ1v) is 10.6. The highest BCUT2D eigenvalue weighted by molar-refractivity contribution is 4.89. The predicted molar refractivity (Wildman–Crippen MR) is 104 cm³/mol. The second-order valence-electron chi connectivity index (χ2n) is 7.35. The van der Waals surface area contributed by atoms with Crippen molar-refractivity contribution in [2.45, 2.75) is 102 Å². The van der Waals surface area contributed by atoms with Crippen molar-refractivity contribution in [2.75, 3.05) is 19.8 Å². The number of allylic oxidation sites excluding steroid dienone is 1. The summed E-state index contributed by atoms with van der Waals surface area (Å²) in [7, 11) is 0. The fourth-order valence-electron chi connectivity index (χ4n) is 3.32. The summed E-state index contributed by atoms with van der Waals surface area (Å²) >= 11 is 0. The summed E-state index contributed by atoms with van der Waals surface area (Å²) in [5.74, 6) is 0. The van der Waals surface area contributed by atoms with Crippen molar-refractivity contribution in [1.82, 2.24) is 0 Å². The first-order chi connectivity index (χ1) is 12.7. The summed E-state index contributed by atoms with van der Waals surface area (Å²) < 4.78 is 10.9. The molecule has 0 aliphatic carbocycles. The van der Waals surface area contributed by atoms with Crippen molar-refractivity contribution in [3.63, 3.8) is 0 Å². The number of rotatable bonds is 16. The van der Waals surface area contributed by atoms with E-state index < -0.39 is 24.4 Å². The third-order valence-corrected chi connectivity index (χ3v) is 5.03. The van der Waals surface area contributed by atoms with Gasteiger partial charge in [-0.3, -0.25) is 0 Å². The molecule has 1 heterocycles. The van der Waals surface area contributed by atoms with E-state index in [1.54, 1.807) is 0 Å². The van der Waals surface area contributed by atoms with Crippen molar-refractivity contribution in [2.24, 2.45) is 0 Å². The van der Waals surface area contributed by atoms with Gasteiger partial charge in [-0.05, 0) is 12.8 Å². The van der Waals surface area contributed by atoms with Crippen LogP contribution < -0.4 is 0 Å². The number of aliphatic hydroxyl groups is 3. The Morgan fingerprint density at radius 2 is 1.58 bits per heavy atom. The lowest BCUT2D eigenvalue weighted by Crippen LogP contribution is -2.42. The first-order valence-electron chi connectivity index (χ1n) is 10.6. The topological polar surface area (TPSA) is 79.2 Å². The highest BCUT2D eigenvalue weighted by Gasteiger charge is 2.40. The molecule has 0 aromatic carbocycles. The standard InChI is InChI=1S/C21H40O5/c1-2-3-4-5-6-7-8-9-10-11-12-13-14-15-25-19(16-22)21-20(24)18(23)17-26-21/h13-14,18-24H,2-12,15-17H2,1H3/b14-13+/t18-,19+,20+,21+/m0/s1. The van der Waals surface area contributed by atoms with Crippen molar-refractivity contribution >= 4 is 0 Å². The summed E-state index contributed by atoms with van der Waals surface area (Å²) in [5.41, 5.74) is 0. The van der Waals surface area contributed by atoms with Gasteiger partial charge >= 0.3 is 0 Å². The number of unbranched alkanes of at least 4 members (excludes halogenated alkanes) is 10. The van der Waals surface area contributed by atoms with Crippen LogP contribution in [-0.4, -0.2) is 59.6 Å². The maximum atomic E-state index is 9.79. The summed E-state index contributed by atoms with van der Waals surface area (Å²) in [5, 5.41) is 28.6. The molecule has 1 aliphatic rings. The molecule has 0 radical (unpaired) electrons. The van der Waals surface area contributed by atoms with Gasteiger partial charge in [0.05, 0.1) is 19.8 Å². The molecule has 3 N–H and O–H groups in total. The van der Waals surface area contributed by atoms with Crippen LogP contribution in [0.15, 0.2) is 12.2 Å². The van der Waals surface area contributed by atoms with E-state index in [1.165, 1.54) is 64.2 Å². The van der Waals surface area contributed by atoms with Gasteiger partial charge in [-0.1, -0.05) is 76.9 Å². The normalized spacial score (nSPS) is 24.5. The number of hydrogen-bond donors (Lipinski definition) is 3. The van der Waals surface area contributed by atoms with Crippen LogP contribution >= 0.6 is 0 Å². The highest BCUT2D eigenvalue weighted by Crippen LogP contribution is 2.19. The van der Waals surface area contributed by atoms with Gasteiger partial charge in [0, 0.05) is 0 Å². The fraction of sp³-hybridized carbons (Fsp3) is 0.905. The molecule has 1 saturated heterocycles. The zero-order valence-corrected chi connectivity index (χ0v) is 16.5. The zero-order valence-electron chi connectivity index (χ0n) is 16.5. The fourth-order valence-corrected chi connectivity index (χ4v) is 3.32. The van der Waals surface area contributed by atoms with Crippen molar-refractivity contribution in [1.29, 1.82) is 0 Å². The van der Waals surface area contributed by atoms with Crippen LogP contribution in [0.25, 0.3) is 0 Å². The maximum Gasteiger partial charge on any atom is 0.114 e. The quantitative estimate of drug-likeness (QED) is 0.286. The van der Waals surface area contributed by atoms with Crippen LogP contribution in [0.4, 0.5) is 0 Å². The van der Waals surface area contributed by atoms with Gasteiger partial charge in [-0.15, -0.1) is 0 Å². The molecule has 1 rings (SSSR count). The molecule has 154 valence electrons. The molecule has 5 nitrogen and oxygen atoms in total. The molecule has 26 heavy (non-hydrogen) atoms. The Morgan fingerprint density at radius 3 is 2.12 bits per heavy atom. The second-order valence-corrected chi connectivity index (χ2v) is 7.35. The number of aliphatic hydroxyl groups excluding tert-OH is 3. The van der Waals surface area contributed by atoms with E-state index in [2.05, 4.69) is 13.0 Å². The smallest absolute Gasteiger partial charge is 0.114 e. The molecule has 0 aromatic heterocycles. The van der Waals surface area contributed by atoms with Gasteiger partial charge in [-0.25, -0.2) is 0 Å². The number of ether oxygens (including phenoxy) is 2. The molecule has 0 saturated carbocycles. The van der Waals surface area contributed by atoms with Crippen molar-refractivity contribution in [3.05, 3.63) is 12.2 Å². The maximum absolute atomic E-state index is 9.79. The van der Waals surface area contributed by atoms with Crippen LogP contribution in [0.3, 0.4) is 0 Å². The van der Waals surface area contributed by atoms with E-state index in [4.69, 9.17) is 9.47 Å². The van der Waals surface area contributed by atoms with Crippen molar-refractivity contribution < 1.29 is 24.8 Å². The Bertz CT molecular complexity index is 347. The van der Waals surface area contributed by atoms with E-state index in [0.29, 0.717) is 6.61 Å². The molecule has 1 fully saturated rings. The third kappa shape index (κ3) is 10.0. The zero-order chi connectivity index (χ0) is 19.0. The van der Waals surface area contributed by atoms with E-state index in [-0.39, 0.29) is 13.2 Å². The largest absolute Gasteiger partial charge is 0.394 e. The molecule has 0 bridgehead atoms. The van der Waals surface area contributed by atoms with Gasteiger partial charge in [0.2, 0.25) is 0 Å². The van der Waals surface area contributed by atoms with Crippen LogP contribution in [0.1, 0.15) is 77.6 Å². The van der Waals surface area contributed by atoms with Crippen LogP contribution in [-0.2, 0) is 9.47 Å². The Balaban J connectivity index is 1.94. The predicted octanol–water partition coefficient (Wildman–Crippen LogP) is 3.35. The SMILES string of the molecule is CCCCCCCCCCCC/C=C/CO[C@H](CO)[C@H]1OC[C@H](O)[C@H]1O. The van der Waals surface area contributed by atoms with E-state index >= 15 is 0 Å². The Kier molecular flexibility index (Phi) is 14.1. The Labute approximate surface area is 159 Å². The van der Waals surface area contributed by atoms with Crippen LogP contribution in [0, 0.1) is 0 Å². The van der Waals surface area contributed by atoms with Gasteiger partial charge in [0.25, 0.3) is 0 Å². The molecule has 0 unspecified atom stereocenters. The molecule has 0 spiro atoms. The number of hydrogen-bond acceptors (Lipinski definition) is 5. The van der Waals surface area contributed by atoms with Gasteiger partial charge in [0.1, 0.15) is 24.4 Å². The van der Waals surface area contributed by atoms with Gasteiger partial charge in [0.15, 0.2) is 0 Å². The monoisotopic (exact) mass is 372 g/mol. The highest BCUT2D eigenvalue weighted by atomic mass is 16.6. The average molecular weight is 373 g/mol. The minimum Gasteiger partial charge on any atom is -0.394 e. The molecular weight excluding hydrogens is 332 g/mol. The summed E-state index contributed by atoms with van der Waals surface area (Å²) in [6.07, 6.45) is 15.4. The molecular formula is C21H40O5. The minimum atomic E-state index is -0.997. The molecule has 0 amide bonds. The lowest BCUT2D eigenvalue weighted by atomic mass is 10.1. The minimum absolute atomic E-state index is 0.0836. The lowest BCUT2D eigenvalue weighted by Gasteiger charge is -2.23. The molecule has 1 aliphatic heterocycles. The molecule has 0 aromatic rings. The average Bonchev–Trinajstić information content (AvgIpc) is 2.98. The third-order valence-electron chi connectivity index (χ3n) is 5.03. The summed E-state index contributed by atoms with van der Waals surface area (Å²) in [4.78, 5) is 0. The second kappa shape index (κ2) is 15.6. The molecule has 4 atom stereocenters. The van der Waals surface area contributed by atoms with E-state index in [1.807, 2.05) is 6.08 Å². The Morgan fingerprint density at radius 1 is 0.962 bits per heavy atom. The first kappa shape index (κ1) is 23.6. The summed E-state index contributed by atoms with van der Waals surface area (Å²) in [6.45, 7) is 2.48. The van der Waals surface area contributed by atoms with Gasteiger partial charge < -0.3 is 24.8 Å². The van der Waals surface area contributed by atoms with E-state index in [0.717, 1.165) is 6.42 Å². The molecule has 5 heteroatoms. The van der Waals surface area contributed by atoms with Gasteiger partial charge in [-0.2, -0.15) is 0 Å². The van der Waals surface area contributed by atoms with Crippen LogP contribution in [0.2, 0.25) is 0 Å². The van der Waals surface area contributed by atoms with Crippen molar-refractivity contribution in [3.8, 4) is 0 Å².